The van der Waals surface area contributed by atoms with Crippen LogP contribution in [0.2, 0.25) is 0 Å². The Balaban J connectivity index is 0. The molecule has 0 aromatic carbocycles. The van der Waals surface area contributed by atoms with Crippen LogP contribution in [-0.4, -0.2) is 58.3 Å². The Kier molecular flexibility index (Phi) is 13.2. The summed E-state index contributed by atoms with van der Waals surface area (Å²) in [5, 5.41) is 1.02. The maximum atomic E-state index is 10.8. The fourth-order valence-electron chi connectivity index (χ4n) is 0.337. The Bertz CT molecular complexity index is 135. The molecule has 0 saturated carbocycles. The average Bonchev–Trinajstić information content (AvgIpc) is 1.97. The molecule has 4 nitrogen and oxygen atoms in total. The van der Waals surface area contributed by atoms with Gasteiger partial charge in [0.2, 0.25) is 0 Å². The first-order chi connectivity index (χ1) is 5.12. The fraction of sp³-hybridized carbons (Fsp3) is 1.00. The number of halogens is 2. The van der Waals surface area contributed by atoms with Crippen LogP contribution in [0.4, 0.5) is 0 Å². The molecule has 1 N–H and O–H groups in total. The van der Waals surface area contributed by atoms with Crippen LogP contribution in [0, 0.1) is 0 Å². The second-order valence-corrected chi connectivity index (χ2v) is 4.55. The molecule has 0 spiro atoms. The average molecular weight is 335 g/mol. The molecule has 0 aromatic rings. The van der Waals surface area contributed by atoms with Crippen LogP contribution in [0.15, 0.2) is 0 Å². The van der Waals surface area contributed by atoms with Gasteiger partial charge in [-0.2, -0.15) is 0 Å². The van der Waals surface area contributed by atoms with Crippen molar-refractivity contribution >= 4 is 69.2 Å². The summed E-state index contributed by atoms with van der Waals surface area (Å²) in [6.45, 7) is 0.326. The van der Waals surface area contributed by atoms with Crippen molar-refractivity contribution in [2.75, 3.05) is 23.9 Å². The van der Waals surface area contributed by atoms with Gasteiger partial charge in [-0.05, 0) is 0 Å². The van der Waals surface area contributed by atoms with E-state index in [9.17, 15) is 4.57 Å². The third-order valence-corrected chi connectivity index (χ3v) is 2.33. The van der Waals surface area contributed by atoms with Gasteiger partial charge in [0.15, 0.2) is 0 Å². The molecule has 0 aliphatic rings. The van der Waals surface area contributed by atoms with Crippen molar-refractivity contribution in [3.8, 4) is 0 Å². The van der Waals surface area contributed by atoms with Gasteiger partial charge < -0.3 is 4.89 Å². The van der Waals surface area contributed by atoms with E-state index in [1.807, 2.05) is 0 Å². The summed E-state index contributed by atoms with van der Waals surface area (Å²) in [6, 6.07) is 0. The third-order valence-electron chi connectivity index (χ3n) is 0.663. The van der Waals surface area contributed by atoms with E-state index in [4.69, 9.17) is 4.89 Å². The minimum Gasteiger partial charge on any atom is -0.302 e. The summed E-state index contributed by atoms with van der Waals surface area (Å²) in [5.41, 5.74) is 0. The first-order valence-corrected chi connectivity index (χ1v) is 6.60. The van der Waals surface area contributed by atoms with E-state index in [1.54, 1.807) is 0 Å². The molecule has 0 atom stereocenters. The van der Waals surface area contributed by atoms with Gasteiger partial charge in [-0.15, -0.1) is 0 Å². The number of phosphoric ester groups is 1. The molecule has 12 heavy (non-hydrogen) atoms. The number of rotatable bonds is 6. The predicted octanol–water partition coefficient (Wildman–Crippen LogP) is 1.53. The van der Waals surface area contributed by atoms with Crippen LogP contribution in [0.1, 0.15) is 0 Å². The largest absolute Gasteiger partial charge is 0.472 e. The molecular formula is C4H9Br2NaO4P. The second-order valence-electron chi connectivity index (χ2n) is 1.51. The van der Waals surface area contributed by atoms with E-state index in [2.05, 4.69) is 40.9 Å². The Morgan fingerprint density at radius 2 is 1.50 bits per heavy atom. The normalized spacial score (nSPS) is 10.9. The van der Waals surface area contributed by atoms with E-state index >= 15 is 0 Å². The molecule has 0 aliphatic carbocycles. The first kappa shape index (κ1) is 16.5. The molecule has 0 aromatic heterocycles. The summed E-state index contributed by atoms with van der Waals surface area (Å²) in [4.78, 5) is 8.85. The molecule has 0 bridgehead atoms. The van der Waals surface area contributed by atoms with E-state index in [0.717, 1.165) is 0 Å². The van der Waals surface area contributed by atoms with Crippen LogP contribution < -0.4 is 0 Å². The van der Waals surface area contributed by atoms with Gasteiger partial charge in [0.1, 0.15) is 0 Å². The smallest absolute Gasteiger partial charge is 0.302 e. The molecule has 0 fully saturated rings. The Morgan fingerprint density at radius 3 is 1.75 bits per heavy atom. The fourth-order valence-corrected chi connectivity index (χ4v) is 1.88. The van der Waals surface area contributed by atoms with E-state index in [-0.39, 0.29) is 42.8 Å². The summed E-state index contributed by atoms with van der Waals surface area (Å²) in [5.74, 6) is 0. The topological polar surface area (TPSA) is 55.8 Å². The number of phosphoric acid groups is 1. The van der Waals surface area contributed by atoms with Crippen LogP contribution in [0.25, 0.3) is 0 Å². The van der Waals surface area contributed by atoms with Gasteiger partial charge in [-0.3, -0.25) is 9.05 Å². The first-order valence-electron chi connectivity index (χ1n) is 2.86. The monoisotopic (exact) mass is 333 g/mol. The number of hydrogen-bond acceptors (Lipinski definition) is 3. The van der Waals surface area contributed by atoms with Gasteiger partial charge in [-0.25, -0.2) is 4.57 Å². The maximum Gasteiger partial charge on any atom is 0.472 e. The Morgan fingerprint density at radius 1 is 1.17 bits per heavy atom. The van der Waals surface area contributed by atoms with E-state index in [1.165, 1.54) is 0 Å². The van der Waals surface area contributed by atoms with Gasteiger partial charge in [-0.1, -0.05) is 31.9 Å². The molecule has 0 unspecified atom stereocenters. The minimum atomic E-state index is -3.79. The van der Waals surface area contributed by atoms with Crippen molar-refractivity contribution in [3.63, 3.8) is 0 Å². The molecule has 0 heterocycles. The summed E-state index contributed by atoms with van der Waals surface area (Å²) < 4.78 is 19.8. The third kappa shape index (κ3) is 10.2. The zero-order valence-electron chi connectivity index (χ0n) is 6.70. The van der Waals surface area contributed by atoms with Gasteiger partial charge >= 0.3 is 7.82 Å². The zero-order valence-corrected chi connectivity index (χ0v) is 12.8. The maximum absolute atomic E-state index is 10.8. The minimum absolute atomic E-state index is 0. The number of hydrogen-bond donors (Lipinski definition) is 1. The summed E-state index contributed by atoms with van der Waals surface area (Å²) in [7, 11) is -3.79. The van der Waals surface area contributed by atoms with Gasteiger partial charge in [0.25, 0.3) is 0 Å². The molecule has 1 radical (unpaired) electrons. The predicted molar refractivity (Wildman–Crippen MR) is 55.1 cm³/mol. The van der Waals surface area contributed by atoms with Crippen molar-refractivity contribution in [1.29, 1.82) is 0 Å². The van der Waals surface area contributed by atoms with Gasteiger partial charge in [0.05, 0.1) is 13.2 Å². The molecule has 0 aliphatic heterocycles. The molecule has 0 saturated heterocycles. The Hall–Kier alpha value is 2.07. The van der Waals surface area contributed by atoms with Crippen LogP contribution in [0.3, 0.4) is 0 Å². The van der Waals surface area contributed by atoms with Crippen LogP contribution in [-0.2, 0) is 13.6 Å². The van der Waals surface area contributed by atoms with Gasteiger partial charge in [0, 0.05) is 40.2 Å². The molecule has 69 valence electrons. The van der Waals surface area contributed by atoms with Crippen molar-refractivity contribution in [2.45, 2.75) is 0 Å². The summed E-state index contributed by atoms with van der Waals surface area (Å²) in [6.07, 6.45) is 0. The van der Waals surface area contributed by atoms with Crippen molar-refractivity contribution in [3.05, 3.63) is 0 Å². The molecule has 8 heteroatoms. The summed E-state index contributed by atoms with van der Waals surface area (Å²) >= 11 is 6.10. The second kappa shape index (κ2) is 9.62. The van der Waals surface area contributed by atoms with E-state index < -0.39 is 7.82 Å². The quantitative estimate of drug-likeness (QED) is 0.455. The van der Waals surface area contributed by atoms with Crippen LogP contribution in [0.5, 0.6) is 0 Å². The van der Waals surface area contributed by atoms with Crippen LogP contribution >= 0.6 is 39.7 Å². The van der Waals surface area contributed by atoms with Crippen molar-refractivity contribution in [1.82, 2.24) is 0 Å². The Labute approximate surface area is 111 Å². The molecule has 0 amide bonds. The molecule has 0 rings (SSSR count). The standard InChI is InChI=1S/C4H9Br2O4P.Na/c5-1-3-9-11(7,8)10-4-2-6;/h1-4H2,(H,7,8);. The molecular weight excluding hydrogens is 326 g/mol. The number of alkyl halides is 2. The zero-order chi connectivity index (χ0) is 8.74. The van der Waals surface area contributed by atoms with Crippen molar-refractivity contribution < 1.29 is 18.5 Å². The van der Waals surface area contributed by atoms with E-state index in [0.29, 0.717) is 10.7 Å². The van der Waals surface area contributed by atoms with Crippen molar-refractivity contribution in [2.24, 2.45) is 0 Å². The SMILES string of the molecule is O=P(O)(OCCBr)OCCBr.[Na].